The molecule has 2 amide bonds. The van der Waals surface area contributed by atoms with Crippen LogP contribution < -0.4 is 10.6 Å². The number of fused-ring (bicyclic) bond motifs is 1. The normalized spacial score (nSPS) is 27.0. The van der Waals surface area contributed by atoms with Crippen molar-refractivity contribution in [2.45, 2.75) is 38.8 Å². The maximum absolute atomic E-state index is 11.9. The molecule has 1 heterocycles. The first-order valence-electron chi connectivity index (χ1n) is 9.21. The number of hydrogen-bond acceptors (Lipinski definition) is 4. The van der Waals surface area contributed by atoms with E-state index in [2.05, 4.69) is 29.5 Å². The van der Waals surface area contributed by atoms with Gasteiger partial charge in [-0.3, -0.25) is 9.59 Å². The van der Waals surface area contributed by atoms with Gasteiger partial charge in [-0.25, -0.2) is 4.99 Å². The fraction of sp³-hybridized carbons (Fsp3) is 0.833. The summed E-state index contributed by atoms with van der Waals surface area (Å²) in [4.78, 5) is 31.2. The second-order valence-electron chi connectivity index (χ2n) is 8.14. The van der Waals surface area contributed by atoms with Gasteiger partial charge in [0, 0.05) is 52.2 Å². The quantitative estimate of drug-likeness (QED) is 0.524. The number of nitrogens with zero attached hydrogens (tertiary/aromatic N) is 3. The molecule has 8 heteroatoms. The molecule has 2 rings (SSSR count). The SMILES string of the molecule is CN(C)C(=O)CN=C(NCC(=O)N(C)C)NC1C2CCCOC2C1(C)C. The van der Waals surface area contributed by atoms with Crippen molar-refractivity contribution in [2.24, 2.45) is 16.3 Å². The summed E-state index contributed by atoms with van der Waals surface area (Å²) in [6, 6.07) is 0.197. The van der Waals surface area contributed by atoms with Crippen LogP contribution in [0.25, 0.3) is 0 Å². The Morgan fingerprint density at radius 3 is 2.42 bits per heavy atom. The van der Waals surface area contributed by atoms with Crippen LogP contribution in [0, 0.1) is 11.3 Å². The number of guanidine groups is 1. The number of amides is 2. The fourth-order valence-corrected chi connectivity index (χ4v) is 3.72. The number of nitrogens with one attached hydrogen (secondary N) is 2. The van der Waals surface area contributed by atoms with Crippen LogP contribution in [-0.4, -0.2) is 87.6 Å². The molecule has 8 nitrogen and oxygen atoms in total. The van der Waals surface area contributed by atoms with E-state index < -0.39 is 0 Å². The lowest BCUT2D eigenvalue weighted by atomic mass is 9.55. The van der Waals surface area contributed by atoms with Gasteiger partial charge >= 0.3 is 0 Å². The third kappa shape index (κ3) is 4.47. The summed E-state index contributed by atoms with van der Waals surface area (Å²) < 4.78 is 5.94. The maximum Gasteiger partial charge on any atom is 0.243 e. The molecule has 1 saturated heterocycles. The summed E-state index contributed by atoms with van der Waals surface area (Å²) in [5.74, 6) is 0.791. The van der Waals surface area contributed by atoms with E-state index in [0.29, 0.717) is 11.9 Å². The standard InChI is InChI=1S/C18H33N5O3/c1-18(2)15(12-8-7-9-26-16(12)18)21-17(19-10-13(24)22(3)4)20-11-14(25)23(5)6/h12,15-16H,7-11H2,1-6H3,(H2,19,20,21). The first kappa shape index (κ1) is 20.5. The van der Waals surface area contributed by atoms with Crippen LogP contribution in [0.2, 0.25) is 0 Å². The van der Waals surface area contributed by atoms with Crippen LogP contribution >= 0.6 is 0 Å². The molecular weight excluding hydrogens is 334 g/mol. The van der Waals surface area contributed by atoms with Crippen LogP contribution in [0.5, 0.6) is 0 Å². The lowest BCUT2D eigenvalue weighted by Crippen LogP contribution is -2.71. The Balaban J connectivity index is 2.06. The van der Waals surface area contributed by atoms with E-state index in [1.807, 2.05) is 0 Å². The molecule has 2 fully saturated rings. The average Bonchev–Trinajstić information content (AvgIpc) is 2.59. The van der Waals surface area contributed by atoms with Crippen molar-refractivity contribution in [1.82, 2.24) is 20.4 Å². The summed E-state index contributed by atoms with van der Waals surface area (Å²) >= 11 is 0. The molecule has 3 unspecified atom stereocenters. The molecular formula is C18H33N5O3. The van der Waals surface area contributed by atoms with E-state index in [9.17, 15) is 9.59 Å². The van der Waals surface area contributed by atoms with Crippen molar-refractivity contribution in [3.05, 3.63) is 0 Å². The average molecular weight is 367 g/mol. The second-order valence-corrected chi connectivity index (χ2v) is 8.14. The number of ether oxygens (including phenoxy) is 1. The number of carbonyl (C=O) groups excluding carboxylic acids is 2. The Kier molecular flexibility index (Phi) is 6.49. The zero-order valence-corrected chi connectivity index (χ0v) is 16.8. The van der Waals surface area contributed by atoms with Crippen LogP contribution in [0.1, 0.15) is 26.7 Å². The van der Waals surface area contributed by atoms with Crippen molar-refractivity contribution in [3.8, 4) is 0 Å². The molecule has 0 aromatic rings. The maximum atomic E-state index is 11.9. The smallest absolute Gasteiger partial charge is 0.243 e. The Morgan fingerprint density at radius 2 is 1.81 bits per heavy atom. The topological polar surface area (TPSA) is 86.3 Å². The zero-order valence-electron chi connectivity index (χ0n) is 16.8. The molecule has 148 valence electrons. The van der Waals surface area contributed by atoms with Crippen LogP contribution in [-0.2, 0) is 14.3 Å². The highest BCUT2D eigenvalue weighted by Gasteiger charge is 2.58. The minimum Gasteiger partial charge on any atom is -0.377 e. The van der Waals surface area contributed by atoms with Gasteiger partial charge in [0.05, 0.1) is 12.6 Å². The van der Waals surface area contributed by atoms with Crippen LogP contribution in [0.4, 0.5) is 0 Å². The van der Waals surface area contributed by atoms with E-state index in [-0.39, 0.29) is 42.5 Å². The minimum absolute atomic E-state index is 0.0232. The molecule has 26 heavy (non-hydrogen) atoms. The van der Waals surface area contributed by atoms with Gasteiger partial charge in [-0.2, -0.15) is 0 Å². The zero-order chi connectivity index (χ0) is 19.5. The molecule has 0 aromatic carbocycles. The Labute approximate surface area is 156 Å². The molecule has 2 N–H and O–H groups in total. The van der Waals surface area contributed by atoms with Crippen molar-refractivity contribution in [1.29, 1.82) is 0 Å². The molecule has 0 radical (unpaired) electrons. The number of likely N-dealkylation sites (N-methyl/N-ethyl adjacent to an activating group) is 2. The third-order valence-corrected chi connectivity index (χ3v) is 5.40. The van der Waals surface area contributed by atoms with E-state index >= 15 is 0 Å². The first-order chi connectivity index (χ1) is 12.1. The van der Waals surface area contributed by atoms with Gasteiger partial charge in [0.2, 0.25) is 11.8 Å². The van der Waals surface area contributed by atoms with E-state index in [1.165, 1.54) is 9.80 Å². The van der Waals surface area contributed by atoms with Gasteiger partial charge < -0.3 is 25.2 Å². The Morgan fingerprint density at radius 1 is 1.15 bits per heavy atom. The molecule has 1 saturated carbocycles. The minimum atomic E-state index is -0.0863. The van der Waals surface area contributed by atoms with Crippen LogP contribution in [0.15, 0.2) is 4.99 Å². The number of rotatable bonds is 5. The highest BCUT2D eigenvalue weighted by atomic mass is 16.5. The van der Waals surface area contributed by atoms with Gasteiger partial charge in [-0.15, -0.1) is 0 Å². The lowest BCUT2D eigenvalue weighted by Gasteiger charge is -2.60. The number of carbonyl (C=O) groups is 2. The molecule has 3 atom stereocenters. The monoisotopic (exact) mass is 367 g/mol. The molecule has 0 spiro atoms. The van der Waals surface area contributed by atoms with Gasteiger partial charge in [0.25, 0.3) is 0 Å². The predicted octanol–water partition coefficient (Wildman–Crippen LogP) is -0.0984. The van der Waals surface area contributed by atoms with E-state index in [4.69, 9.17) is 4.74 Å². The van der Waals surface area contributed by atoms with Crippen molar-refractivity contribution < 1.29 is 14.3 Å². The summed E-state index contributed by atoms with van der Waals surface area (Å²) in [5.41, 5.74) is -0.0232. The lowest BCUT2D eigenvalue weighted by molar-refractivity contribution is -0.188. The Hall–Kier alpha value is -1.83. The van der Waals surface area contributed by atoms with Gasteiger partial charge in [-0.1, -0.05) is 13.8 Å². The molecule has 0 aromatic heterocycles. The molecule has 2 aliphatic rings. The molecule has 1 aliphatic carbocycles. The second kappa shape index (κ2) is 8.24. The van der Waals surface area contributed by atoms with Gasteiger partial charge in [0.1, 0.15) is 6.54 Å². The number of hydrogen-bond donors (Lipinski definition) is 2. The first-order valence-corrected chi connectivity index (χ1v) is 9.21. The highest BCUT2D eigenvalue weighted by molar-refractivity contribution is 5.88. The van der Waals surface area contributed by atoms with Crippen LogP contribution in [0.3, 0.4) is 0 Å². The summed E-state index contributed by atoms with van der Waals surface area (Å²) in [6.45, 7) is 5.36. The molecule has 0 bridgehead atoms. The van der Waals surface area contributed by atoms with Crippen molar-refractivity contribution >= 4 is 17.8 Å². The highest BCUT2D eigenvalue weighted by Crippen LogP contribution is 2.51. The Bertz CT molecular complexity index is 559. The van der Waals surface area contributed by atoms with E-state index in [1.54, 1.807) is 28.2 Å². The third-order valence-electron chi connectivity index (χ3n) is 5.40. The largest absolute Gasteiger partial charge is 0.377 e. The van der Waals surface area contributed by atoms with Gasteiger partial charge in [0.15, 0.2) is 5.96 Å². The summed E-state index contributed by atoms with van der Waals surface area (Å²) in [5, 5.41) is 6.51. The predicted molar refractivity (Wildman–Crippen MR) is 101 cm³/mol. The summed E-state index contributed by atoms with van der Waals surface area (Å²) in [6.07, 6.45) is 2.43. The van der Waals surface area contributed by atoms with Crippen molar-refractivity contribution in [3.63, 3.8) is 0 Å². The fourth-order valence-electron chi connectivity index (χ4n) is 3.72. The van der Waals surface area contributed by atoms with E-state index in [0.717, 1.165) is 19.4 Å². The summed E-state index contributed by atoms with van der Waals surface area (Å²) in [7, 11) is 6.82. The number of aliphatic imine (C=N–C) groups is 1. The van der Waals surface area contributed by atoms with Crippen molar-refractivity contribution in [2.75, 3.05) is 47.9 Å². The molecule has 1 aliphatic heterocycles. The van der Waals surface area contributed by atoms with Gasteiger partial charge in [-0.05, 0) is 12.8 Å².